The number of benzene rings is 3. The maximum atomic E-state index is 5.43. The second-order valence-electron chi connectivity index (χ2n) is 12.7. The fourth-order valence-corrected chi connectivity index (χ4v) is 20.1. The molecular formula is C36H42Cl2Zr. The fraction of sp³-hybridized carbons (Fsp3) is 0.250. The minimum Gasteiger partial charge on any atom is -0.147 e. The smallest absolute Gasteiger partial charge is 0.147 e. The second kappa shape index (κ2) is 10.7. The van der Waals surface area contributed by atoms with E-state index >= 15 is 0 Å². The molecule has 0 amide bonds. The van der Waals surface area contributed by atoms with Crippen LogP contribution in [0.25, 0.3) is 23.3 Å². The molecular weight excluding hydrogens is 595 g/mol. The Morgan fingerprint density at radius 1 is 0.872 bits per heavy atom. The van der Waals surface area contributed by atoms with Crippen molar-refractivity contribution < 1.29 is 18.3 Å². The van der Waals surface area contributed by atoms with E-state index in [4.69, 9.17) is 4.21 Å². The van der Waals surface area contributed by atoms with Crippen LogP contribution in [-0.4, -0.2) is 4.21 Å². The van der Waals surface area contributed by atoms with Crippen LogP contribution in [0.1, 0.15) is 55.5 Å². The maximum absolute atomic E-state index is 5.43. The van der Waals surface area contributed by atoms with Crippen LogP contribution in [0.2, 0.25) is 4.63 Å². The van der Waals surface area contributed by atoms with Crippen molar-refractivity contribution in [2.45, 2.75) is 45.7 Å². The normalized spacial score (nSPS) is 16.2. The molecule has 2 aliphatic carbocycles. The Labute approximate surface area is 249 Å². The van der Waals surface area contributed by atoms with Gasteiger partial charge in [-0.25, -0.2) is 0 Å². The molecule has 3 aromatic rings. The Kier molecular flexibility index (Phi) is 8.67. The van der Waals surface area contributed by atoms with Gasteiger partial charge in [-0.05, 0) is 0 Å². The van der Waals surface area contributed by atoms with Crippen molar-refractivity contribution in [2.75, 3.05) is 0 Å². The molecule has 5 rings (SSSR count). The van der Waals surface area contributed by atoms with Crippen molar-refractivity contribution in [3.63, 3.8) is 0 Å². The van der Waals surface area contributed by atoms with Gasteiger partial charge in [-0.3, -0.25) is 0 Å². The summed E-state index contributed by atoms with van der Waals surface area (Å²) in [4.78, 5) is 0. The molecule has 0 aromatic heterocycles. The van der Waals surface area contributed by atoms with Crippen molar-refractivity contribution in [3.05, 3.63) is 117 Å². The average molecular weight is 637 g/mol. The van der Waals surface area contributed by atoms with Crippen LogP contribution in [0, 0.1) is 18.3 Å². The molecule has 0 nitrogen and oxygen atoms in total. The number of rotatable bonds is 5. The van der Waals surface area contributed by atoms with Crippen LogP contribution >= 0.6 is 24.8 Å². The fourth-order valence-electron chi connectivity index (χ4n) is 6.63. The molecule has 1 atom stereocenters. The predicted molar refractivity (Wildman–Crippen MR) is 178 cm³/mol. The summed E-state index contributed by atoms with van der Waals surface area (Å²) < 4.78 is 12.5. The zero-order valence-electron chi connectivity index (χ0n) is 24.2. The topological polar surface area (TPSA) is 0 Å². The van der Waals surface area contributed by atoms with Crippen molar-refractivity contribution >= 4 is 47.7 Å². The summed E-state index contributed by atoms with van der Waals surface area (Å²) in [7, 11) is 0. The van der Waals surface area contributed by atoms with Gasteiger partial charge in [0.1, 0.15) is 0 Å². The number of halogens is 2. The number of aryl methyl sites for hydroxylation is 1. The number of hydrogen-bond donors (Lipinski definition) is 0. The zero-order chi connectivity index (χ0) is 26.8. The Hall–Kier alpha value is -2.05. The van der Waals surface area contributed by atoms with Crippen LogP contribution in [0.5, 0.6) is 0 Å². The summed E-state index contributed by atoms with van der Waals surface area (Å²) in [6.07, 6.45) is 9.94. The molecule has 3 aromatic carbocycles. The second-order valence-corrected chi connectivity index (χ2v) is 26.8. The first-order valence-corrected chi connectivity index (χ1v) is 21.4. The third-order valence-electron chi connectivity index (χ3n) is 8.98. The van der Waals surface area contributed by atoms with Gasteiger partial charge in [0, 0.05) is 0 Å². The van der Waals surface area contributed by atoms with E-state index in [1.807, 2.05) is 12.2 Å². The summed E-state index contributed by atoms with van der Waals surface area (Å²) in [5.74, 6) is 0.364. The van der Waals surface area contributed by atoms with E-state index in [1.54, 1.807) is 3.28 Å². The molecule has 0 bridgehead atoms. The third kappa shape index (κ3) is 5.01. The van der Waals surface area contributed by atoms with Gasteiger partial charge in [0.25, 0.3) is 0 Å². The molecule has 0 saturated heterocycles. The van der Waals surface area contributed by atoms with E-state index in [0.717, 1.165) is 12.0 Å². The van der Waals surface area contributed by atoms with Gasteiger partial charge in [0.2, 0.25) is 0 Å². The maximum Gasteiger partial charge on any atom is -0.147 e. The van der Waals surface area contributed by atoms with E-state index in [2.05, 4.69) is 119 Å². The van der Waals surface area contributed by atoms with Crippen LogP contribution in [0.4, 0.5) is 0 Å². The number of allylic oxidation sites excluding steroid dienone is 4. The first kappa shape index (κ1) is 31.5. The van der Waals surface area contributed by atoms with Gasteiger partial charge >= 0.3 is 226 Å². The van der Waals surface area contributed by atoms with Crippen LogP contribution < -0.4 is 6.54 Å². The molecule has 0 spiro atoms. The Bertz CT molecular complexity index is 1590. The number of fused-ring (bicyclic) bond motifs is 3. The van der Waals surface area contributed by atoms with Gasteiger partial charge in [-0.1, -0.05) is 0 Å². The van der Waals surface area contributed by atoms with E-state index in [-0.39, 0.29) is 30.2 Å². The first-order valence-electron chi connectivity index (χ1n) is 13.5. The van der Waals surface area contributed by atoms with Crippen LogP contribution in [0.15, 0.2) is 88.8 Å². The van der Waals surface area contributed by atoms with Crippen molar-refractivity contribution in [1.29, 1.82) is 0 Å². The Morgan fingerprint density at radius 3 is 2.05 bits per heavy atom. The molecule has 0 aliphatic heterocycles. The van der Waals surface area contributed by atoms with E-state index in [9.17, 15) is 0 Å². The summed E-state index contributed by atoms with van der Waals surface area (Å²) in [6, 6.07) is 20.9. The predicted octanol–water partition coefficient (Wildman–Crippen LogP) is 9.32. The summed E-state index contributed by atoms with van der Waals surface area (Å²) >= 11 is -4.31. The van der Waals surface area contributed by atoms with Crippen LogP contribution in [-0.2, 0) is 24.7 Å². The monoisotopic (exact) mass is 634 g/mol. The minimum atomic E-state index is -4.31. The molecule has 3 heteroatoms. The zero-order valence-corrected chi connectivity index (χ0v) is 28.3. The van der Waals surface area contributed by atoms with E-state index < -0.39 is 18.3 Å². The van der Waals surface area contributed by atoms with E-state index in [0.29, 0.717) is 5.92 Å². The van der Waals surface area contributed by atoms with Gasteiger partial charge in [-0.2, -0.15) is 0 Å². The largest absolute Gasteiger partial charge is 0.147 e. The molecule has 39 heavy (non-hydrogen) atoms. The molecule has 0 radical (unpaired) electrons. The van der Waals surface area contributed by atoms with Gasteiger partial charge < -0.3 is 0 Å². The summed E-state index contributed by atoms with van der Waals surface area (Å²) in [5, 5.41) is 0. The Morgan fingerprint density at radius 2 is 1.49 bits per heavy atom. The quantitative estimate of drug-likeness (QED) is 0.205. The van der Waals surface area contributed by atoms with Gasteiger partial charge in [0.05, 0.1) is 0 Å². The Balaban J connectivity index is 0.00000210. The summed E-state index contributed by atoms with van der Waals surface area (Å²) in [5.41, 5.74) is 10.7. The molecule has 0 fully saturated rings. The number of hydrogen-bond acceptors (Lipinski definition) is 0. The van der Waals surface area contributed by atoms with Crippen molar-refractivity contribution in [2.24, 2.45) is 11.3 Å². The molecule has 0 heterocycles. The van der Waals surface area contributed by atoms with E-state index in [1.165, 1.54) is 45.5 Å². The van der Waals surface area contributed by atoms with Crippen LogP contribution in [0.3, 0.4) is 0 Å². The minimum absolute atomic E-state index is 0. The molecule has 0 saturated carbocycles. The van der Waals surface area contributed by atoms with Crippen molar-refractivity contribution in [1.82, 2.24) is 0 Å². The van der Waals surface area contributed by atoms with Gasteiger partial charge in [0.15, 0.2) is 0 Å². The van der Waals surface area contributed by atoms with Crippen molar-refractivity contribution in [3.8, 4) is 11.1 Å². The molecule has 2 aliphatic rings. The molecule has 1 unspecified atom stereocenters. The van der Waals surface area contributed by atoms with Gasteiger partial charge in [-0.15, -0.1) is 24.8 Å². The third-order valence-corrected chi connectivity index (χ3v) is 23.6. The summed E-state index contributed by atoms with van der Waals surface area (Å²) in [6.45, 7) is 19.7. The standard InChI is InChI=1S/C17H13.C10H15.C7H7.CH3.CH2.2ClH.Zr/c1-3-12-5-7-14-11-15-8-6-13(4-2)10-17(15)16(14)9-12;1-8-5-6-9(7-8)10(2,3)4;1-7-5-3-2-4-6-7;;;;;/h3-7,9-10H,1-2,11H2;6-8H,1-4H3;3-6H,1H3;1H3;1H2;2*1H;. The molecule has 0 N–H and O–H groups in total. The molecule has 204 valence electrons. The first-order chi connectivity index (χ1) is 17.4. The SMILES string of the molecule is C=Cc1ccc2c(c1)-c1cc(C=C)c[c]([Zr](=[CH2])([CH3])([C]3=CC(C(C)(C)C)=CC3C)[c]3ccc(C)cc3)c1C2.Cl.Cl. The average Bonchev–Trinajstić information content (AvgIpc) is 3.44.